The number of hydrogen-bond donors (Lipinski definition) is 0. The second-order valence-corrected chi connectivity index (χ2v) is 16.7. The Morgan fingerprint density at radius 1 is 0.826 bits per heavy atom. The number of aromatic nitrogens is 1. The van der Waals surface area contributed by atoms with Gasteiger partial charge in [-0.25, -0.2) is 21.2 Å². The molecule has 0 aliphatic carbocycles. The lowest BCUT2D eigenvalue weighted by molar-refractivity contribution is 0.0495. The van der Waals surface area contributed by atoms with Crippen molar-refractivity contribution in [3.8, 4) is 5.75 Å². The van der Waals surface area contributed by atoms with Crippen LogP contribution in [-0.2, 0) is 19.7 Å². The van der Waals surface area contributed by atoms with Crippen LogP contribution in [0.5, 0.6) is 5.75 Å². The second-order valence-electron chi connectivity index (χ2n) is 12.8. The molecule has 10 nitrogen and oxygen atoms in total. The highest BCUT2D eigenvalue weighted by molar-refractivity contribution is 7.91. The van der Waals surface area contributed by atoms with Crippen LogP contribution < -0.4 is 9.64 Å². The number of piperazine rings is 1. The molecular weight excluding hydrogens is 630 g/mol. The Morgan fingerprint density at radius 2 is 1.43 bits per heavy atom. The highest BCUT2D eigenvalue weighted by atomic mass is 32.2. The van der Waals surface area contributed by atoms with E-state index in [1.54, 1.807) is 13.0 Å². The zero-order valence-corrected chi connectivity index (χ0v) is 28.5. The first kappa shape index (κ1) is 33.1. The van der Waals surface area contributed by atoms with Crippen molar-refractivity contribution in [1.29, 1.82) is 0 Å². The first-order chi connectivity index (χ1) is 22.0. The van der Waals surface area contributed by atoms with E-state index in [9.17, 15) is 21.2 Å². The maximum atomic E-state index is 14.8. The third kappa shape index (κ3) is 6.75. The fourth-order valence-corrected chi connectivity index (χ4v) is 9.29. The number of hydrogen-bond acceptors (Lipinski definition) is 10. The smallest absolute Gasteiger partial charge is 0.210 e. The Balaban J connectivity index is 1.27. The van der Waals surface area contributed by atoms with Gasteiger partial charge in [-0.1, -0.05) is 0 Å². The summed E-state index contributed by atoms with van der Waals surface area (Å²) in [6.45, 7) is 9.80. The van der Waals surface area contributed by atoms with E-state index in [0.717, 1.165) is 77.3 Å². The summed E-state index contributed by atoms with van der Waals surface area (Å²) in [5, 5.41) is 0.446. The van der Waals surface area contributed by atoms with Crippen molar-refractivity contribution in [2.45, 2.75) is 59.4 Å². The first-order valence-electron chi connectivity index (χ1n) is 16.2. The van der Waals surface area contributed by atoms with Crippen molar-refractivity contribution in [1.82, 2.24) is 19.7 Å². The lowest BCUT2D eigenvalue weighted by Gasteiger charge is -2.46. The Hall–Kier alpha value is -2.84. The van der Waals surface area contributed by atoms with Gasteiger partial charge in [-0.05, 0) is 89.1 Å². The molecule has 0 spiro atoms. The number of likely N-dealkylation sites (N-methyl/N-ethyl adjacent to an activating group) is 1. The molecule has 250 valence electrons. The molecule has 0 radical (unpaired) electrons. The monoisotopic (exact) mass is 673 g/mol. The molecule has 0 atom stereocenters. The number of piperidine rings is 2. The minimum absolute atomic E-state index is 0.0225. The molecule has 0 N–H and O–H groups in total. The Labute approximate surface area is 272 Å². The van der Waals surface area contributed by atoms with Gasteiger partial charge in [0.25, 0.3) is 0 Å². The van der Waals surface area contributed by atoms with E-state index in [4.69, 9.17) is 4.74 Å². The quantitative estimate of drug-likeness (QED) is 0.352. The SMILES string of the molecule is CCOc1ccc(S(=O)(=O)c2cnc3ccc(S(C)(=O)=O)cc3c2N2CCC(N3CCC(N4CCN(C)CC4)CC3)CC2)cc1F. The lowest BCUT2D eigenvalue weighted by Crippen LogP contribution is -2.54. The number of sulfone groups is 2. The van der Waals surface area contributed by atoms with Crippen LogP contribution in [0.15, 0.2) is 57.3 Å². The zero-order chi connectivity index (χ0) is 32.6. The topological polar surface area (TPSA) is 103 Å². The van der Waals surface area contributed by atoms with Gasteiger partial charge in [0.15, 0.2) is 21.4 Å². The van der Waals surface area contributed by atoms with Crippen molar-refractivity contribution < 1.29 is 26.0 Å². The largest absolute Gasteiger partial charge is 0.491 e. The minimum atomic E-state index is -4.23. The molecule has 0 amide bonds. The average Bonchev–Trinajstić information content (AvgIpc) is 3.05. The summed E-state index contributed by atoms with van der Waals surface area (Å²) in [7, 11) is -5.62. The van der Waals surface area contributed by atoms with Crippen LogP contribution in [0.3, 0.4) is 0 Å². The molecule has 3 aromatic rings. The van der Waals surface area contributed by atoms with Gasteiger partial charge in [-0.2, -0.15) is 0 Å². The molecule has 3 fully saturated rings. The molecule has 6 rings (SSSR count). The van der Waals surface area contributed by atoms with Crippen LogP contribution >= 0.6 is 0 Å². The maximum Gasteiger partial charge on any atom is 0.210 e. The van der Waals surface area contributed by atoms with Crippen molar-refractivity contribution >= 4 is 36.3 Å². The molecule has 2 aromatic carbocycles. The van der Waals surface area contributed by atoms with Crippen LogP contribution in [0, 0.1) is 5.82 Å². The van der Waals surface area contributed by atoms with Crippen LogP contribution in [0.1, 0.15) is 32.6 Å². The van der Waals surface area contributed by atoms with Crippen molar-refractivity contribution in [2.24, 2.45) is 0 Å². The first-order valence-corrected chi connectivity index (χ1v) is 19.5. The third-order valence-corrected chi connectivity index (χ3v) is 12.7. The van der Waals surface area contributed by atoms with Gasteiger partial charge in [0, 0.05) is 69.2 Å². The normalized spacial score (nSPS) is 20.4. The average molecular weight is 674 g/mol. The van der Waals surface area contributed by atoms with Crippen LogP contribution in [0.25, 0.3) is 10.9 Å². The van der Waals surface area contributed by atoms with Crippen molar-refractivity contribution in [3.05, 3.63) is 48.4 Å². The molecule has 1 aromatic heterocycles. The van der Waals surface area contributed by atoms with E-state index in [1.807, 2.05) is 4.90 Å². The van der Waals surface area contributed by atoms with E-state index in [1.165, 1.54) is 30.5 Å². The highest BCUT2D eigenvalue weighted by Crippen LogP contribution is 2.39. The number of fused-ring (bicyclic) bond motifs is 1. The van der Waals surface area contributed by atoms with E-state index in [-0.39, 0.29) is 27.0 Å². The summed E-state index contributed by atoms with van der Waals surface area (Å²) in [6.07, 6.45) is 6.47. The fraction of sp³-hybridized carbons (Fsp3) is 0.545. The number of likely N-dealkylation sites (tertiary alicyclic amines) is 1. The van der Waals surface area contributed by atoms with E-state index >= 15 is 0 Å². The second kappa shape index (κ2) is 13.3. The summed E-state index contributed by atoms with van der Waals surface area (Å²) in [4.78, 5) is 13.9. The van der Waals surface area contributed by atoms with Gasteiger partial charge in [0.05, 0.1) is 27.6 Å². The Bertz CT molecular complexity index is 1780. The molecule has 0 unspecified atom stereocenters. The predicted molar refractivity (Wildman–Crippen MR) is 177 cm³/mol. The fourth-order valence-electron chi connectivity index (χ4n) is 7.20. The van der Waals surface area contributed by atoms with Crippen LogP contribution in [0.4, 0.5) is 10.1 Å². The molecule has 46 heavy (non-hydrogen) atoms. The summed E-state index contributed by atoms with van der Waals surface area (Å²) in [5.74, 6) is -0.791. The summed E-state index contributed by atoms with van der Waals surface area (Å²) in [5.41, 5.74) is 0.907. The number of halogens is 1. The third-order valence-electron chi connectivity index (χ3n) is 9.86. The molecule has 13 heteroatoms. The number of rotatable bonds is 8. The number of anilines is 1. The molecule has 0 bridgehead atoms. The van der Waals surface area contributed by atoms with Crippen LogP contribution in [0.2, 0.25) is 0 Å². The maximum absolute atomic E-state index is 14.8. The molecule has 3 aliphatic heterocycles. The van der Waals surface area contributed by atoms with Crippen molar-refractivity contribution in [2.75, 3.05) is 77.2 Å². The Morgan fingerprint density at radius 3 is 2.04 bits per heavy atom. The molecule has 0 saturated carbocycles. The molecule has 4 heterocycles. The number of pyridine rings is 1. The van der Waals surface area contributed by atoms with Gasteiger partial charge < -0.3 is 19.4 Å². The van der Waals surface area contributed by atoms with E-state index < -0.39 is 25.5 Å². The Kier molecular flexibility index (Phi) is 9.60. The number of benzene rings is 2. The summed E-state index contributed by atoms with van der Waals surface area (Å²) in [6, 6.07) is 9.27. The number of ether oxygens (including phenoxy) is 1. The van der Waals surface area contributed by atoms with Gasteiger partial charge >= 0.3 is 0 Å². The van der Waals surface area contributed by atoms with Gasteiger partial charge in [0.2, 0.25) is 9.84 Å². The molecule has 3 aliphatic rings. The van der Waals surface area contributed by atoms with E-state index in [0.29, 0.717) is 41.8 Å². The molecular formula is C33H44FN5O5S2. The standard InChI is InChI=1S/C33H44FN5O5S2/c1-4-44-31-8-6-27(22-29(31)34)46(42,43)32-23-35-30-7-5-26(45(3,40)41)21-28(30)33(32)39-15-11-24(12-16-39)37-13-9-25(10-14-37)38-19-17-36(2)18-20-38/h5-8,21-25H,4,9-20H2,1-3H3. The van der Waals surface area contributed by atoms with Gasteiger partial charge in [-0.3, -0.25) is 9.88 Å². The molecule has 3 saturated heterocycles. The lowest BCUT2D eigenvalue weighted by atomic mass is 9.96. The van der Waals surface area contributed by atoms with Gasteiger partial charge in [-0.15, -0.1) is 0 Å². The predicted octanol–water partition coefficient (Wildman–Crippen LogP) is 3.69. The van der Waals surface area contributed by atoms with E-state index in [2.05, 4.69) is 26.7 Å². The van der Waals surface area contributed by atoms with Crippen molar-refractivity contribution in [3.63, 3.8) is 0 Å². The summed E-state index contributed by atoms with van der Waals surface area (Å²) < 4.78 is 73.4. The highest BCUT2D eigenvalue weighted by Gasteiger charge is 2.34. The van der Waals surface area contributed by atoms with Crippen LogP contribution in [-0.4, -0.2) is 121 Å². The van der Waals surface area contributed by atoms with Gasteiger partial charge in [0.1, 0.15) is 4.90 Å². The summed E-state index contributed by atoms with van der Waals surface area (Å²) >= 11 is 0. The number of nitrogens with zero attached hydrogens (tertiary/aromatic N) is 5. The minimum Gasteiger partial charge on any atom is -0.491 e. The zero-order valence-electron chi connectivity index (χ0n) is 26.9.